The molecular formula is C16H21NO3S. The Morgan fingerprint density at radius 3 is 2.67 bits per heavy atom. The molecule has 21 heavy (non-hydrogen) atoms. The number of amides is 1. The average Bonchev–Trinajstić information content (AvgIpc) is 2.48. The van der Waals surface area contributed by atoms with Crippen LogP contribution in [-0.4, -0.2) is 40.2 Å². The van der Waals surface area contributed by atoms with Crippen molar-refractivity contribution in [2.24, 2.45) is 5.92 Å². The number of benzene rings is 1. The molecule has 1 aromatic rings. The fourth-order valence-corrected chi connectivity index (χ4v) is 3.43. The highest BCUT2D eigenvalue weighted by Gasteiger charge is 2.32. The fraction of sp³-hybridized carbons (Fsp3) is 0.500. The van der Waals surface area contributed by atoms with Crippen molar-refractivity contribution in [2.45, 2.75) is 37.1 Å². The van der Waals surface area contributed by atoms with Crippen LogP contribution < -0.4 is 0 Å². The first kappa shape index (κ1) is 15.9. The van der Waals surface area contributed by atoms with Crippen molar-refractivity contribution in [3.63, 3.8) is 0 Å². The first-order valence-electron chi connectivity index (χ1n) is 7.28. The quantitative estimate of drug-likeness (QED) is 0.850. The van der Waals surface area contributed by atoms with Crippen molar-refractivity contribution in [1.82, 2.24) is 4.90 Å². The molecule has 114 valence electrons. The smallest absolute Gasteiger partial charge is 0.308 e. The zero-order valence-corrected chi connectivity index (χ0v) is 13.0. The number of carboxylic acid groups (broad SMARTS) is 1. The van der Waals surface area contributed by atoms with E-state index in [1.54, 1.807) is 16.7 Å². The van der Waals surface area contributed by atoms with Gasteiger partial charge in [0.2, 0.25) is 5.91 Å². The van der Waals surface area contributed by atoms with Gasteiger partial charge in [0.15, 0.2) is 0 Å². The Morgan fingerprint density at radius 1 is 1.29 bits per heavy atom. The maximum absolute atomic E-state index is 12.3. The lowest BCUT2D eigenvalue weighted by atomic mass is 9.93. The number of hydrogen-bond donors (Lipinski definition) is 1. The minimum absolute atomic E-state index is 0.0666. The summed E-state index contributed by atoms with van der Waals surface area (Å²) in [5, 5.41) is 9.11. The lowest BCUT2D eigenvalue weighted by molar-refractivity contribution is -0.147. The Kier molecular flexibility index (Phi) is 5.67. The Bertz CT molecular complexity index is 492. The maximum atomic E-state index is 12.3. The monoisotopic (exact) mass is 307 g/mol. The topological polar surface area (TPSA) is 57.6 Å². The van der Waals surface area contributed by atoms with Gasteiger partial charge in [0.25, 0.3) is 0 Å². The van der Waals surface area contributed by atoms with Crippen LogP contribution in [0.1, 0.15) is 26.2 Å². The molecule has 0 aliphatic carbocycles. The Morgan fingerprint density at radius 2 is 2.00 bits per heavy atom. The summed E-state index contributed by atoms with van der Waals surface area (Å²) < 4.78 is 0. The van der Waals surface area contributed by atoms with Gasteiger partial charge in [0, 0.05) is 29.7 Å². The standard InChI is InChI=1S/C16H21NO3S/c1-12-7-8-13(16(19)20)11-17(12)15(18)9-10-21-14-5-3-2-4-6-14/h2-6,12-13H,7-11H2,1H3,(H,19,20). The van der Waals surface area contributed by atoms with E-state index in [1.807, 2.05) is 37.3 Å². The molecule has 0 spiro atoms. The molecule has 1 aliphatic heterocycles. The molecule has 5 heteroatoms. The molecular weight excluding hydrogens is 286 g/mol. The summed E-state index contributed by atoms with van der Waals surface area (Å²) in [5.74, 6) is -0.411. The van der Waals surface area contributed by atoms with Gasteiger partial charge >= 0.3 is 5.97 Å². The second-order valence-corrected chi connectivity index (χ2v) is 6.59. The predicted octanol–water partition coefficient (Wildman–Crippen LogP) is 2.88. The van der Waals surface area contributed by atoms with Crippen LogP contribution in [0.15, 0.2) is 35.2 Å². The SMILES string of the molecule is CC1CCC(C(=O)O)CN1C(=O)CCSc1ccccc1. The highest BCUT2D eigenvalue weighted by Crippen LogP contribution is 2.24. The van der Waals surface area contributed by atoms with Crippen LogP contribution in [0.4, 0.5) is 0 Å². The molecule has 1 aromatic carbocycles. The van der Waals surface area contributed by atoms with Crippen LogP contribution in [0.3, 0.4) is 0 Å². The Balaban J connectivity index is 1.82. The number of nitrogens with zero attached hydrogens (tertiary/aromatic N) is 1. The van der Waals surface area contributed by atoms with Gasteiger partial charge in [-0.2, -0.15) is 0 Å². The lowest BCUT2D eigenvalue weighted by Crippen LogP contribution is -2.47. The summed E-state index contributed by atoms with van der Waals surface area (Å²) in [6, 6.07) is 10.1. The highest BCUT2D eigenvalue weighted by molar-refractivity contribution is 7.99. The number of carbonyl (C=O) groups is 2. The lowest BCUT2D eigenvalue weighted by Gasteiger charge is -2.36. The number of rotatable bonds is 5. The Labute approximate surface area is 129 Å². The number of thioether (sulfide) groups is 1. The van der Waals surface area contributed by atoms with Crippen LogP contribution in [0.5, 0.6) is 0 Å². The van der Waals surface area contributed by atoms with Crippen molar-refractivity contribution in [3.05, 3.63) is 30.3 Å². The van der Waals surface area contributed by atoms with E-state index in [4.69, 9.17) is 5.11 Å². The van der Waals surface area contributed by atoms with E-state index in [-0.39, 0.29) is 11.9 Å². The van der Waals surface area contributed by atoms with E-state index in [9.17, 15) is 9.59 Å². The van der Waals surface area contributed by atoms with E-state index in [1.165, 1.54) is 0 Å². The van der Waals surface area contributed by atoms with Crippen LogP contribution in [-0.2, 0) is 9.59 Å². The molecule has 1 N–H and O–H groups in total. The van der Waals surface area contributed by atoms with Crippen molar-refractivity contribution in [3.8, 4) is 0 Å². The molecule has 1 saturated heterocycles. The largest absolute Gasteiger partial charge is 0.481 e. The van der Waals surface area contributed by atoms with E-state index < -0.39 is 11.9 Å². The van der Waals surface area contributed by atoms with Gasteiger partial charge in [-0.3, -0.25) is 9.59 Å². The second-order valence-electron chi connectivity index (χ2n) is 5.42. The fourth-order valence-electron chi connectivity index (χ4n) is 2.57. The van der Waals surface area contributed by atoms with Gasteiger partial charge in [-0.1, -0.05) is 18.2 Å². The number of carbonyl (C=O) groups excluding carboxylic acids is 1. The number of hydrogen-bond acceptors (Lipinski definition) is 3. The summed E-state index contributed by atoms with van der Waals surface area (Å²) in [5.41, 5.74) is 0. The molecule has 0 bridgehead atoms. The summed E-state index contributed by atoms with van der Waals surface area (Å²) >= 11 is 1.66. The van der Waals surface area contributed by atoms with Gasteiger partial charge in [-0.25, -0.2) is 0 Å². The van der Waals surface area contributed by atoms with E-state index >= 15 is 0 Å². The summed E-state index contributed by atoms with van der Waals surface area (Å²) in [6.45, 7) is 2.35. The minimum atomic E-state index is -0.793. The second kappa shape index (κ2) is 7.50. The molecule has 1 amide bonds. The van der Waals surface area contributed by atoms with Crippen LogP contribution >= 0.6 is 11.8 Å². The molecule has 2 atom stereocenters. The third-order valence-corrected chi connectivity index (χ3v) is 4.89. The van der Waals surface area contributed by atoms with Crippen LogP contribution in [0, 0.1) is 5.92 Å². The van der Waals surface area contributed by atoms with Gasteiger partial charge in [0.1, 0.15) is 0 Å². The first-order chi connectivity index (χ1) is 10.1. The molecule has 1 aliphatic rings. The van der Waals surface area contributed by atoms with Gasteiger partial charge in [-0.15, -0.1) is 11.8 Å². The number of carboxylic acids is 1. The van der Waals surface area contributed by atoms with Crippen molar-refractivity contribution in [1.29, 1.82) is 0 Å². The first-order valence-corrected chi connectivity index (χ1v) is 8.26. The summed E-state index contributed by atoms with van der Waals surface area (Å²) in [7, 11) is 0. The molecule has 0 radical (unpaired) electrons. The van der Waals surface area contributed by atoms with Gasteiger partial charge in [0.05, 0.1) is 5.92 Å². The third-order valence-electron chi connectivity index (χ3n) is 3.88. The maximum Gasteiger partial charge on any atom is 0.308 e. The molecule has 0 saturated carbocycles. The van der Waals surface area contributed by atoms with Crippen molar-refractivity contribution >= 4 is 23.6 Å². The molecule has 1 heterocycles. The van der Waals surface area contributed by atoms with Gasteiger partial charge < -0.3 is 10.0 Å². The summed E-state index contributed by atoms with van der Waals surface area (Å²) in [4.78, 5) is 26.3. The Hall–Kier alpha value is -1.49. The van der Waals surface area contributed by atoms with Crippen LogP contribution in [0.25, 0.3) is 0 Å². The molecule has 0 aromatic heterocycles. The predicted molar refractivity (Wildman–Crippen MR) is 83.3 cm³/mol. The van der Waals surface area contributed by atoms with E-state index in [0.717, 1.165) is 17.1 Å². The zero-order valence-electron chi connectivity index (χ0n) is 12.2. The average molecular weight is 307 g/mol. The number of likely N-dealkylation sites (tertiary alicyclic amines) is 1. The normalized spacial score (nSPS) is 22.0. The van der Waals surface area contributed by atoms with E-state index in [2.05, 4.69) is 0 Å². The molecule has 1 fully saturated rings. The van der Waals surface area contributed by atoms with Gasteiger partial charge in [-0.05, 0) is 31.9 Å². The molecule has 2 rings (SSSR count). The number of piperidine rings is 1. The third kappa shape index (κ3) is 4.49. The zero-order chi connectivity index (χ0) is 15.2. The molecule has 4 nitrogen and oxygen atoms in total. The van der Waals surface area contributed by atoms with E-state index in [0.29, 0.717) is 19.4 Å². The van der Waals surface area contributed by atoms with Crippen molar-refractivity contribution in [2.75, 3.05) is 12.3 Å². The summed E-state index contributed by atoms with van der Waals surface area (Å²) in [6.07, 6.45) is 1.89. The molecule has 2 unspecified atom stereocenters. The highest BCUT2D eigenvalue weighted by atomic mass is 32.2. The minimum Gasteiger partial charge on any atom is -0.481 e. The number of aliphatic carboxylic acids is 1. The van der Waals surface area contributed by atoms with Crippen molar-refractivity contribution < 1.29 is 14.7 Å². The van der Waals surface area contributed by atoms with Crippen LogP contribution in [0.2, 0.25) is 0 Å².